The van der Waals surface area contributed by atoms with Crippen LogP contribution in [0, 0.1) is 12.3 Å². The van der Waals surface area contributed by atoms with Gasteiger partial charge in [-0.3, -0.25) is 0 Å². The molecule has 24 heavy (non-hydrogen) atoms. The van der Waals surface area contributed by atoms with Crippen molar-refractivity contribution < 1.29 is 14.2 Å². The molecule has 0 aliphatic carbocycles. The van der Waals surface area contributed by atoms with Crippen molar-refractivity contribution in [2.45, 2.75) is 37.9 Å². The molecule has 1 saturated heterocycles. The van der Waals surface area contributed by atoms with Crippen LogP contribution < -0.4 is 0 Å². The third-order valence-electron chi connectivity index (χ3n) is 4.09. The first-order valence-corrected chi connectivity index (χ1v) is 8.24. The molecule has 0 spiro atoms. The van der Waals surface area contributed by atoms with Crippen molar-refractivity contribution in [1.82, 2.24) is 0 Å². The molecule has 0 amide bonds. The van der Waals surface area contributed by atoms with Gasteiger partial charge in [-0.1, -0.05) is 66.6 Å². The zero-order valence-corrected chi connectivity index (χ0v) is 13.6. The molecule has 0 saturated carbocycles. The van der Waals surface area contributed by atoms with E-state index in [0.717, 1.165) is 11.1 Å². The summed E-state index contributed by atoms with van der Waals surface area (Å²) in [6.07, 6.45) is 5.86. The van der Waals surface area contributed by atoms with E-state index in [4.69, 9.17) is 20.6 Å². The van der Waals surface area contributed by atoms with Crippen LogP contribution in [0.25, 0.3) is 0 Å². The number of benzene rings is 2. The first-order chi connectivity index (χ1) is 11.8. The van der Waals surface area contributed by atoms with Crippen molar-refractivity contribution in [1.29, 1.82) is 0 Å². The minimum Gasteiger partial charge on any atom is -0.374 e. The predicted octanol–water partition coefficient (Wildman–Crippen LogP) is 3.58. The molecule has 2 aromatic carbocycles. The van der Waals surface area contributed by atoms with Gasteiger partial charge in [-0.2, -0.15) is 0 Å². The number of hydrogen-bond donors (Lipinski definition) is 0. The number of rotatable bonds is 7. The second-order valence-electron chi connectivity index (χ2n) is 5.90. The average Bonchev–Trinajstić information content (AvgIpc) is 3.04. The highest BCUT2D eigenvalue weighted by atomic mass is 16.6. The predicted molar refractivity (Wildman–Crippen MR) is 93.2 cm³/mol. The summed E-state index contributed by atoms with van der Waals surface area (Å²) < 4.78 is 17.7. The summed E-state index contributed by atoms with van der Waals surface area (Å²) >= 11 is 0. The fraction of sp³-hybridized carbons (Fsp3) is 0.333. The Hall–Kier alpha value is -2.12. The molecule has 1 aliphatic rings. The van der Waals surface area contributed by atoms with Crippen LogP contribution in [0.4, 0.5) is 0 Å². The van der Waals surface area contributed by atoms with Crippen LogP contribution in [-0.2, 0) is 27.4 Å². The van der Waals surface area contributed by atoms with Crippen molar-refractivity contribution in [2.24, 2.45) is 0 Å². The first kappa shape index (κ1) is 16.7. The Bertz CT molecular complexity index is 648. The van der Waals surface area contributed by atoms with Gasteiger partial charge in [-0.25, -0.2) is 0 Å². The second-order valence-corrected chi connectivity index (χ2v) is 5.90. The van der Waals surface area contributed by atoms with Crippen LogP contribution in [0.15, 0.2) is 60.7 Å². The van der Waals surface area contributed by atoms with Crippen molar-refractivity contribution in [3.05, 3.63) is 71.8 Å². The highest BCUT2D eigenvalue weighted by molar-refractivity contribution is 5.14. The average molecular weight is 322 g/mol. The molecular weight excluding hydrogens is 300 g/mol. The monoisotopic (exact) mass is 322 g/mol. The van der Waals surface area contributed by atoms with Gasteiger partial charge in [0.2, 0.25) is 0 Å². The molecule has 0 radical (unpaired) electrons. The van der Waals surface area contributed by atoms with Gasteiger partial charge in [0, 0.05) is 6.42 Å². The SMILES string of the molecule is C#C[C@@H]1C[C@H](OCc2ccccc2)[C@@H](COCc2ccccc2)O1. The zero-order valence-electron chi connectivity index (χ0n) is 13.6. The van der Waals surface area contributed by atoms with Gasteiger partial charge in [-0.15, -0.1) is 6.42 Å². The molecule has 3 atom stereocenters. The fourth-order valence-electron chi connectivity index (χ4n) is 2.79. The molecule has 3 heteroatoms. The highest BCUT2D eigenvalue weighted by Crippen LogP contribution is 2.24. The summed E-state index contributed by atoms with van der Waals surface area (Å²) in [4.78, 5) is 0. The normalized spacial score (nSPS) is 23.0. The lowest BCUT2D eigenvalue weighted by Gasteiger charge is -2.19. The summed E-state index contributed by atoms with van der Waals surface area (Å²) in [6.45, 7) is 1.60. The van der Waals surface area contributed by atoms with Crippen LogP contribution in [0.1, 0.15) is 17.5 Å². The number of ether oxygens (including phenoxy) is 3. The van der Waals surface area contributed by atoms with Crippen LogP contribution in [-0.4, -0.2) is 24.9 Å². The number of terminal acetylenes is 1. The molecular formula is C21H22O3. The Labute approximate surface area is 143 Å². The summed E-state index contributed by atoms with van der Waals surface area (Å²) in [5.74, 6) is 2.67. The zero-order chi connectivity index (χ0) is 16.6. The standard InChI is InChI=1S/C21H22O3/c1-2-19-13-20(23-15-18-11-7-4-8-12-18)21(24-19)16-22-14-17-9-5-3-6-10-17/h1,3-12,19-21H,13-16H2/t19-,20+,21-/m1/s1. The summed E-state index contributed by atoms with van der Waals surface area (Å²) in [7, 11) is 0. The molecule has 1 aliphatic heterocycles. The van der Waals surface area contributed by atoms with Gasteiger partial charge < -0.3 is 14.2 Å². The Morgan fingerprint density at radius 2 is 1.58 bits per heavy atom. The molecule has 0 bridgehead atoms. The van der Waals surface area contributed by atoms with Crippen molar-refractivity contribution in [2.75, 3.05) is 6.61 Å². The van der Waals surface area contributed by atoms with Gasteiger partial charge in [0.25, 0.3) is 0 Å². The molecule has 1 heterocycles. The van der Waals surface area contributed by atoms with Crippen molar-refractivity contribution in [3.8, 4) is 12.3 Å². The van der Waals surface area contributed by atoms with E-state index in [1.54, 1.807) is 0 Å². The van der Waals surface area contributed by atoms with Gasteiger partial charge in [0.1, 0.15) is 12.2 Å². The van der Waals surface area contributed by atoms with Gasteiger partial charge in [0.05, 0.1) is 25.9 Å². The third-order valence-corrected chi connectivity index (χ3v) is 4.09. The number of hydrogen-bond acceptors (Lipinski definition) is 3. The molecule has 3 rings (SSSR count). The first-order valence-electron chi connectivity index (χ1n) is 8.24. The summed E-state index contributed by atoms with van der Waals surface area (Å²) in [5, 5.41) is 0. The quantitative estimate of drug-likeness (QED) is 0.729. The van der Waals surface area contributed by atoms with Gasteiger partial charge in [-0.05, 0) is 11.1 Å². The van der Waals surface area contributed by atoms with Crippen molar-refractivity contribution >= 4 is 0 Å². The van der Waals surface area contributed by atoms with Crippen LogP contribution in [0.2, 0.25) is 0 Å². The lowest BCUT2D eigenvalue weighted by molar-refractivity contribution is -0.0651. The van der Waals surface area contributed by atoms with E-state index in [9.17, 15) is 0 Å². The van der Waals surface area contributed by atoms with Crippen LogP contribution in [0.3, 0.4) is 0 Å². The molecule has 1 fully saturated rings. The van der Waals surface area contributed by atoms with E-state index < -0.39 is 0 Å². The van der Waals surface area contributed by atoms with Gasteiger partial charge >= 0.3 is 0 Å². The van der Waals surface area contributed by atoms with Gasteiger partial charge in [0.15, 0.2) is 0 Å². The third kappa shape index (κ3) is 4.69. The Balaban J connectivity index is 1.50. The highest BCUT2D eigenvalue weighted by Gasteiger charge is 2.35. The Kier molecular flexibility index (Phi) is 6.03. The Morgan fingerprint density at radius 1 is 0.958 bits per heavy atom. The van der Waals surface area contributed by atoms with E-state index >= 15 is 0 Å². The maximum Gasteiger partial charge on any atom is 0.121 e. The maximum atomic E-state index is 6.04. The molecule has 0 unspecified atom stereocenters. The lowest BCUT2D eigenvalue weighted by Crippen LogP contribution is -2.29. The maximum absolute atomic E-state index is 6.04. The van der Waals surface area contributed by atoms with E-state index in [1.807, 2.05) is 48.5 Å². The van der Waals surface area contributed by atoms with Crippen LogP contribution in [0.5, 0.6) is 0 Å². The molecule has 2 aromatic rings. The van der Waals surface area contributed by atoms with Crippen LogP contribution >= 0.6 is 0 Å². The summed E-state index contributed by atoms with van der Waals surface area (Å²) in [6, 6.07) is 20.2. The van der Waals surface area contributed by atoms with E-state index in [0.29, 0.717) is 26.2 Å². The largest absolute Gasteiger partial charge is 0.374 e. The molecule has 124 valence electrons. The summed E-state index contributed by atoms with van der Waals surface area (Å²) in [5.41, 5.74) is 2.29. The lowest BCUT2D eigenvalue weighted by atomic mass is 10.1. The Morgan fingerprint density at radius 3 is 2.21 bits per heavy atom. The minimum atomic E-state index is -0.198. The minimum absolute atomic E-state index is 0.0398. The second kappa shape index (κ2) is 8.65. The topological polar surface area (TPSA) is 27.7 Å². The molecule has 0 N–H and O–H groups in total. The fourth-order valence-corrected chi connectivity index (χ4v) is 2.79. The van der Waals surface area contributed by atoms with E-state index in [1.165, 1.54) is 0 Å². The van der Waals surface area contributed by atoms with E-state index in [2.05, 4.69) is 18.1 Å². The smallest absolute Gasteiger partial charge is 0.121 e. The van der Waals surface area contributed by atoms with E-state index in [-0.39, 0.29) is 18.3 Å². The molecule has 3 nitrogen and oxygen atoms in total. The van der Waals surface area contributed by atoms with Crippen molar-refractivity contribution in [3.63, 3.8) is 0 Å². The molecule has 0 aromatic heterocycles.